The zero-order chi connectivity index (χ0) is 7.56. The predicted octanol–water partition coefficient (Wildman–Crippen LogP) is 0.774. The van der Waals surface area contributed by atoms with Gasteiger partial charge < -0.3 is 10.1 Å². The van der Waals surface area contributed by atoms with E-state index in [1.807, 2.05) is 6.92 Å². The normalized spacial score (nSPS) is 16.6. The quantitative estimate of drug-likeness (QED) is 0.617. The van der Waals surface area contributed by atoms with E-state index in [2.05, 4.69) is 5.32 Å². The molecule has 10 heavy (non-hydrogen) atoms. The molecule has 0 saturated carbocycles. The topological polar surface area (TPSA) is 38.3 Å². The summed E-state index contributed by atoms with van der Waals surface area (Å²) in [5.74, 6) is 0.504. The van der Waals surface area contributed by atoms with Gasteiger partial charge in [-0.2, -0.15) is 0 Å². The van der Waals surface area contributed by atoms with E-state index in [1.54, 1.807) is 0 Å². The molecule has 0 aromatic heterocycles. The number of ketones is 1. The van der Waals surface area contributed by atoms with Crippen molar-refractivity contribution < 1.29 is 9.53 Å². The molecular formula is C7H11NO2. The standard InChI is InChI=1S/C7H11NO2/c1-3-6-7(5(2)9)10-4-8-6/h8H,3-4H2,1-2H3. The van der Waals surface area contributed by atoms with Crippen LogP contribution in [0.15, 0.2) is 11.5 Å². The fraction of sp³-hybridized carbons (Fsp3) is 0.571. The number of carbonyl (C=O) groups is 1. The van der Waals surface area contributed by atoms with E-state index in [4.69, 9.17) is 4.74 Å². The fourth-order valence-electron chi connectivity index (χ4n) is 0.962. The first kappa shape index (κ1) is 7.12. The van der Waals surface area contributed by atoms with Gasteiger partial charge in [-0.1, -0.05) is 6.92 Å². The molecule has 1 heterocycles. The van der Waals surface area contributed by atoms with Gasteiger partial charge in [-0.3, -0.25) is 4.79 Å². The van der Waals surface area contributed by atoms with Crippen molar-refractivity contribution >= 4 is 5.78 Å². The Hall–Kier alpha value is -0.990. The third kappa shape index (κ3) is 1.12. The molecule has 3 heteroatoms. The van der Waals surface area contributed by atoms with Crippen molar-refractivity contribution in [2.75, 3.05) is 6.73 Å². The molecule has 0 spiro atoms. The van der Waals surface area contributed by atoms with Crippen LogP contribution in [0, 0.1) is 0 Å². The van der Waals surface area contributed by atoms with Crippen molar-refractivity contribution in [3.63, 3.8) is 0 Å². The Morgan fingerprint density at radius 2 is 2.50 bits per heavy atom. The summed E-state index contributed by atoms with van der Waals surface area (Å²) in [6, 6.07) is 0. The highest BCUT2D eigenvalue weighted by Gasteiger charge is 2.16. The van der Waals surface area contributed by atoms with Gasteiger partial charge >= 0.3 is 0 Å². The Morgan fingerprint density at radius 1 is 1.80 bits per heavy atom. The van der Waals surface area contributed by atoms with Crippen molar-refractivity contribution in [3.05, 3.63) is 11.5 Å². The summed E-state index contributed by atoms with van der Waals surface area (Å²) in [4.78, 5) is 10.8. The van der Waals surface area contributed by atoms with Gasteiger partial charge in [0.2, 0.25) is 0 Å². The number of hydrogen-bond acceptors (Lipinski definition) is 3. The van der Waals surface area contributed by atoms with E-state index in [1.165, 1.54) is 6.92 Å². The van der Waals surface area contributed by atoms with Gasteiger partial charge in [0, 0.05) is 6.92 Å². The maximum Gasteiger partial charge on any atom is 0.196 e. The van der Waals surface area contributed by atoms with Crippen LogP contribution in [-0.2, 0) is 9.53 Å². The molecule has 0 radical (unpaired) electrons. The van der Waals surface area contributed by atoms with Crippen LogP contribution >= 0.6 is 0 Å². The van der Waals surface area contributed by atoms with Crippen LogP contribution in [0.1, 0.15) is 20.3 Å². The number of rotatable bonds is 2. The van der Waals surface area contributed by atoms with Crippen LogP contribution in [-0.4, -0.2) is 12.5 Å². The SMILES string of the molecule is CCC1=C(C(C)=O)OCN1. The molecule has 1 N–H and O–H groups in total. The minimum Gasteiger partial charge on any atom is -0.468 e. The van der Waals surface area contributed by atoms with Crippen molar-refractivity contribution in [2.45, 2.75) is 20.3 Å². The van der Waals surface area contributed by atoms with Gasteiger partial charge in [-0.15, -0.1) is 0 Å². The number of hydrogen-bond donors (Lipinski definition) is 1. The summed E-state index contributed by atoms with van der Waals surface area (Å²) in [6.07, 6.45) is 0.828. The first-order valence-electron chi connectivity index (χ1n) is 3.36. The molecule has 1 aliphatic rings. The lowest BCUT2D eigenvalue weighted by molar-refractivity contribution is -0.116. The summed E-state index contributed by atoms with van der Waals surface area (Å²) in [6.45, 7) is 3.94. The van der Waals surface area contributed by atoms with Gasteiger partial charge in [0.15, 0.2) is 18.3 Å². The highest BCUT2D eigenvalue weighted by Crippen LogP contribution is 2.13. The molecule has 0 unspecified atom stereocenters. The number of nitrogens with one attached hydrogen (secondary N) is 1. The first-order chi connectivity index (χ1) is 4.75. The van der Waals surface area contributed by atoms with Crippen LogP contribution in [0.4, 0.5) is 0 Å². The Balaban J connectivity index is 2.78. The molecule has 0 amide bonds. The monoisotopic (exact) mass is 141 g/mol. The van der Waals surface area contributed by atoms with Crippen molar-refractivity contribution in [3.8, 4) is 0 Å². The highest BCUT2D eigenvalue weighted by atomic mass is 16.5. The van der Waals surface area contributed by atoms with Crippen LogP contribution in [0.25, 0.3) is 0 Å². The fourth-order valence-corrected chi connectivity index (χ4v) is 0.962. The second-order valence-corrected chi connectivity index (χ2v) is 2.18. The largest absolute Gasteiger partial charge is 0.468 e. The van der Waals surface area contributed by atoms with E-state index in [0.29, 0.717) is 12.5 Å². The highest BCUT2D eigenvalue weighted by molar-refractivity contribution is 5.92. The third-order valence-electron chi connectivity index (χ3n) is 1.45. The summed E-state index contributed by atoms with van der Waals surface area (Å²) in [7, 11) is 0. The van der Waals surface area contributed by atoms with Crippen LogP contribution in [0.2, 0.25) is 0 Å². The predicted molar refractivity (Wildman–Crippen MR) is 37.1 cm³/mol. The van der Waals surface area contributed by atoms with Crippen LogP contribution in [0.3, 0.4) is 0 Å². The summed E-state index contributed by atoms with van der Waals surface area (Å²) >= 11 is 0. The third-order valence-corrected chi connectivity index (χ3v) is 1.45. The summed E-state index contributed by atoms with van der Waals surface area (Å²) in [5.41, 5.74) is 0.924. The molecule has 1 rings (SSSR count). The second-order valence-electron chi connectivity index (χ2n) is 2.18. The van der Waals surface area contributed by atoms with E-state index in [-0.39, 0.29) is 5.78 Å². The van der Waals surface area contributed by atoms with Crippen molar-refractivity contribution in [1.82, 2.24) is 5.32 Å². The lowest BCUT2D eigenvalue weighted by atomic mass is 10.2. The smallest absolute Gasteiger partial charge is 0.196 e. The van der Waals surface area contributed by atoms with Crippen molar-refractivity contribution in [1.29, 1.82) is 0 Å². The first-order valence-corrected chi connectivity index (χ1v) is 3.36. The lowest BCUT2D eigenvalue weighted by Gasteiger charge is -1.96. The molecule has 0 bridgehead atoms. The van der Waals surface area contributed by atoms with Gasteiger partial charge in [-0.05, 0) is 6.42 Å². The molecule has 56 valence electrons. The molecule has 0 atom stereocenters. The number of Topliss-reactive ketones (excluding diaryl/α,β-unsaturated/α-hetero) is 1. The molecule has 0 aromatic carbocycles. The van der Waals surface area contributed by atoms with Gasteiger partial charge in [0.1, 0.15) is 0 Å². The molecule has 0 fully saturated rings. The minimum absolute atomic E-state index is 0.00171. The van der Waals surface area contributed by atoms with E-state index < -0.39 is 0 Å². The zero-order valence-corrected chi connectivity index (χ0v) is 6.23. The minimum atomic E-state index is 0.00171. The molecular weight excluding hydrogens is 130 g/mol. The van der Waals surface area contributed by atoms with E-state index >= 15 is 0 Å². The van der Waals surface area contributed by atoms with Crippen LogP contribution < -0.4 is 5.32 Å². The zero-order valence-electron chi connectivity index (χ0n) is 6.23. The maximum atomic E-state index is 10.8. The molecule has 1 aliphatic heterocycles. The second kappa shape index (κ2) is 2.73. The Labute approximate surface area is 60.1 Å². The Bertz CT molecular complexity index is 184. The Morgan fingerprint density at radius 3 is 2.90 bits per heavy atom. The van der Waals surface area contributed by atoms with Crippen molar-refractivity contribution in [2.24, 2.45) is 0 Å². The van der Waals surface area contributed by atoms with Gasteiger partial charge in [-0.25, -0.2) is 0 Å². The summed E-state index contributed by atoms with van der Waals surface area (Å²) in [5, 5.41) is 2.97. The lowest BCUT2D eigenvalue weighted by Crippen LogP contribution is -2.06. The molecule has 3 nitrogen and oxygen atoms in total. The number of allylic oxidation sites excluding steroid dienone is 2. The number of carbonyl (C=O) groups excluding carboxylic acids is 1. The maximum absolute atomic E-state index is 10.8. The average molecular weight is 141 g/mol. The van der Waals surface area contributed by atoms with E-state index in [9.17, 15) is 4.79 Å². The molecule has 0 aliphatic carbocycles. The number of ether oxygens (including phenoxy) is 1. The van der Waals surface area contributed by atoms with Gasteiger partial charge in [0.05, 0.1) is 5.70 Å². The molecule has 0 saturated heterocycles. The Kier molecular flexibility index (Phi) is 1.94. The van der Waals surface area contributed by atoms with E-state index in [0.717, 1.165) is 12.1 Å². The van der Waals surface area contributed by atoms with Crippen LogP contribution in [0.5, 0.6) is 0 Å². The van der Waals surface area contributed by atoms with Gasteiger partial charge in [0.25, 0.3) is 0 Å². The average Bonchev–Trinajstić information content (AvgIpc) is 2.33. The molecule has 0 aromatic rings. The summed E-state index contributed by atoms with van der Waals surface area (Å²) < 4.78 is 5.04.